The molecule has 0 radical (unpaired) electrons. The zero-order valence-corrected chi connectivity index (χ0v) is 11.7. The summed E-state index contributed by atoms with van der Waals surface area (Å²) in [6.45, 7) is 6.21. The van der Waals surface area contributed by atoms with Crippen LogP contribution in [0.3, 0.4) is 0 Å². The van der Waals surface area contributed by atoms with Crippen LogP contribution in [0.15, 0.2) is 12.1 Å². The summed E-state index contributed by atoms with van der Waals surface area (Å²) in [5.74, 6) is 0.230. The molecule has 2 saturated heterocycles. The number of likely N-dealkylation sites (tertiary alicyclic amines) is 1. The maximum Gasteiger partial charge on any atom is 0.263 e. The Morgan fingerprint density at radius 3 is 2.67 bits per heavy atom. The van der Waals surface area contributed by atoms with Gasteiger partial charge in [0.05, 0.1) is 4.88 Å². The Balaban J connectivity index is 1.64. The summed E-state index contributed by atoms with van der Waals surface area (Å²) in [7, 11) is 0. The van der Waals surface area contributed by atoms with Gasteiger partial charge in [0.2, 0.25) is 0 Å². The van der Waals surface area contributed by atoms with Crippen LogP contribution in [0.2, 0.25) is 0 Å². The van der Waals surface area contributed by atoms with Crippen LogP contribution >= 0.6 is 11.3 Å². The predicted octanol–water partition coefficient (Wildman–Crippen LogP) is 2.27. The molecular weight excluding hydrogens is 244 g/mol. The summed E-state index contributed by atoms with van der Waals surface area (Å²) < 4.78 is 0. The minimum Gasteiger partial charge on any atom is -0.338 e. The molecule has 2 aliphatic rings. The predicted molar refractivity (Wildman–Crippen MR) is 74.1 cm³/mol. The summed E-state index contributed by atoms with van der Waals surface area (Å²) in [6.07, 6.45) is 3.61. The summed E-state index contributed by atoms with van der Waals surface area (Å²) >= 11 is 1.61. The van der Waals surface area contributed by atoms with E-state index in [9.17, 15) is 4.79 Å². The molecule has 4 heteroatoms. The van der Waals surface area contributed by atoms with Crippen LogP contribution in [0.25, 0.3) is 0 Å². The molecule has 3 nitrogen and oxygen atoms in total. The second-order valence-electron chi connectivity index (χ2n) is 5.63. The van der Waals surface area contributed by atoms with Crippen molar-refractivity contribution in [3.05, 3.63) is 21.9 Å². The average molecular weight is 264 g/mol. The third-order valence-corrected chi connectivity index (χ3v) is 5.38. The van der Waals surface area contributed by atoms with Crippen molar-refractivity contribution in [1.29, 1.82) is 0 Å². The van der Waals surface area contributed by atoms with Crippen molar-refractivity contribution in [1.82, 2.24) is 10.2 Å². The Morgan fingerprint density at radius 1 is 1.33 bits per heavy atom. The largest absolute Gasteiger partial charge is 0.338 e. The second-order valence-corrected chi connectivity index (χ2v) is 6.92. The van der Waals surface area contributed by atoms with Gasteiger partial charge in [0.15, 0.2) is 0 Å². The molecule has 0 aromatic carbocycles. The molecule has 2 fully saturated rings. The van der Waals surface area contributed by atoms with E-state index in [1.165, 1.54) is 11.3 Å². The third kappa shape index (κ3) is 2.19. The van der Waals surface area contributed by atoms with Crippen LogP contribution in [-0.2, 0) is 0 Å². The van der Waals surface area contributed by atoms with Crippen molar-refractivity contribution in [3.63, 3.8) is 0 Å². The van der Waals surface area contributed by atoms with E-state index in [2.05, 4.69) is 12.2 Å². The minimum atomic E-state index is 0.230. The number of carbonyl (C=O) groups is 1. The van der Waals surface area contributed by atoms with E-state index in [4.69, 9.17) is 0 Å². The number of amides is 1. The van der Waals surface area contributed by atoms with Gasteiger partial charge >= 0.3 is 0 Å². The van der Waals surface area contributed by atoms with Gasteiger partial charge in [0, 0.05) is 24.5 Å². The van der Waals surface area contributed by atoms with Gasteiger partial charge in [0.1, 0.15) is 0 Å². The fourth-order valence-electron chi connectivity index (χ4n) is 3.11. The molecule has 1 spiro atoms. The summed E-state index contributed by atoms with van der Waals surface area (Å²) in [5.41, 5.74) is 0.488. The lowest BCUT2D eigenvalue weighted by atomic mass is 9.78. The van der Waals surface area contributed by atoms with Gasteiger partial charge < -0.3 is 10.2 Å². The number of hydrogen-bond acceptors (Lipinski definition) is 3. The van der Waals surface area contributed by atoms with Gasteiger partial charge in [-0.3, -0.25) is 4.79 Å². The quantitative estimate of drug-likeness (QED) is 0.844. The number of aryl methyl sites for hydroxylation is 1. The molecular formula is C14H20N2OS. The molecule has 2 aliphatic heterocycles. The number of piperidine rings is 1. The molecule has 1 aromatic rings. The number of thiophene rings is 1. The highest BCUT2D eigenvalue weighted by atomic mass is 32.1. The minimum absolute atomic E-state index is 0.230. The molecule has 18 heavy (non-hydrogen) atoms. The first-order chi connectivity index (χ1) is 8.69. The fourth-order valence-corrected chi connectivity index (χ4v) is 3.95. The summed E-state index contributed by atoms with van der Waals surface area (Å²) in [6, 6.07) is 3.99. The van der Waals surface area contributed by atoms with E-state index in [1.54, 1.807) is 11.3 Å². The third-order valence-electron chi connectivity index (χ3n) is 4.39. The fraction of sp³-hybridized carbons (Fsp3) is 0.643. The number of rotatable bonds is 1. The Morgan fingerprint density at radius 2 is 2.11 bits per heavy atom. The van der Waals surface area contributed by atoms with Crippen LogP contribution in [0.4, 0.5) is 0 Å². The molecule has 0 saturated carbocycles. The van der Waals surface area contributed by atoms with E-state index in [0.717, 1.165) is 43.9 Å². The maximum atomic E-state index is 12.3. The van der Waals surface area contributed by atoms with Gasteiger partial charge in [0.25, 0.3) is 5.91 Å². The molecule has 3 heterocycles. The Bertz CT molecular complexity index is 438. The normalized spacial score (nSPS) is 22.6. The van der Waals surface area contributed by atoms with E-state index in [0.29, 0.717) is 5.41 Å². The topological polar surface area (TPSA) is 32.3 Å². The van der Waals surface area contributed by atoms with E-state index < -0.39 is 0 Å². The molecule has 1 amide bonds. The Labute approximate surface area is 112 Å². The Hall–Kier alpha value is -0.870. The van der Waals surface area contributed by atoms with Gasteiger partial charge in [-0.15, -0.1) is 11.3 Å². The lowest BCUT2D eigenvalue weighted by molar-refractivity contribution is 0.0612. The van der Waals surface area contributed by atoms with Gasteiger partial charge in [-0.05, 0) is 50.3 Å². The van der Waals surface area contributed by atoms with Crippen molar-refractivity contribution >= 4 is 17.2 Å². The van der Waals surface area contributed by atoms with Crippen molar-refractivity contribution in [2.75, 3.05) is 26.2 Å². The molecule has 0 aliphatic carbocycles. The van der Waals surface area contributed by atoms with Crippen molar-refractivity contribution in [2.24, 2.45) is 5.41 Å². The van der Waals surface area contributed by atoms with Crippen molar-refractivity contribution in [3.8, 4) is 0 Å². The van der Waals surface area contributed by atoms with Crippen molar-refractivity contribution in [2.45, 2.75) is 26.2 Å². The zero-order chi connectivity index (χ0) is 12.6. The molecule has 0 atom stereocenters. The average Bonchev–Trinajstić information content (AvgIpc) is 3.00. The standard InChI is InChI=1S/C14H20N2OS/c1-11-2-3-12(18-11)13(17)16-8-5-14(6-9-16)4-7-15-10-14/h2-3,15H,4-10H2,1H3. The molecule has 1 aromatic heterocycles. The van der Waals surface area contributed by atoms with E-state index in [-0.39, 0.29) is 5.91 Å². The van der Waals surface area contributed by atoms with E-state index in [1.807, 2.05) is 17.0 Å². The molecule has 0 bridgehead atoms. The van der Waals surface area contributed by atoms with Crippen LogP contribution < -0.4 is 5.32 Å². The van der Waals surface area contributed by atoms with Gasteiger partial charge in [-0.25, -0.2) is 0 Å². The highest BCUT2D eigenvalue weighted by Crippen LogP contribution is 2.37. The molecule has 1 N–H and O–H groups in total. The van der Waals surface area contributed by atoms with Crippen LogP contribution in [0.1, 0.15) is 33.8 Å². The summed E-state index contributed by atoms with van der Waals surface area (Å²) in [4.78, 5) is 16.5. The lowest BCUT2D eigenvalue weighted by Gasteiger charge is -2.38. The van der Waals surface area contributed by atoms with Crippen LogP contribution in [0.5, 0.6) is 0 Å². The highest BCUT2D eigenvalue weighted by molar-refractivity contribution is 7.13. The van der Waals surface area contributed by atoms with E-state index >= 15 is 0 Å². The smallest absolute Gasteiger partial charge is 0.263 e. The second kappa shape index (κ2) is 4.67. The van der Waals surface area contributed by atoms with Gasteiger partial charge in [-0.2, -0.15) is 0 Å². The van der Waals surface area contributed by atoms with Crippen molar-refractivity contribution < 1.29 is 4.79 Å². The number of carbonyl (C=O) groups excluding carboxylic acids is 1. The lowest BCUT2D eigenvalue weighted by Crippen LogP contribution is -2.43. The SMILES string of the molecule is Cc1ccc(C(=O)N2CCC3(CCNC3)CC2)s1. The number of nitrogens with zero attached hydrogens (tertiary/aromatic N) is 1. The number of nitrogens with one attached hydrogen (secondary N) is 1. The van der Waals surface area contributed by atoms with Gasteiger partial charge in [-0.1, -0.05) is 0 Å². The molecule has 98 valence electrons. The maximum absolute atomic E-state index is 12.3. The zero-order valence-electron chi connectivity index (χ0n) is 10.9. The number of hydrogen-bond donors (Lipinski definition) is 1. The first-order valence-electron chi connectivity index (χ1n) is 6.75. The Kier molecular flexibility index (Phi) is 3.16. The van der Waals surface area contributed by atoms with Crippen LogP contribution in [-0.4, -0.2) is 37.0 Å². The first-order valence-corrected chi connectivity index (χ1v) is 7.57. The molecule has 3 rings (SSSR count). The first kappa shape index (κ1) is 12.2. The monoisotopic (exact) mass is 264 g/mol. The van der Waals surface area contributed by atoms with Crippen LogP contribution in [0, 0.1) is 12.3 Å². The highest BCUT2D eigenvalue weighted by Gasteiger charge is 2.38. The summed E-state index contributed by atoms with van der Waals surface area (Å²) in [5, 5.41) is 3.46. The molecule has 0 unspecified atom stereocenters.